The fourth-order valence-corrected chi connectivity index (χ4v) is 5.21. The van der Waals surface area contributed by atoms with Crippen molar-refractivity contribution in [3.8, 4) is 0 Å². The number of furan rings is 1. The summed E-state index contributed by atoms with van der Waals surface area (Å²) >= 11 is 1.57. The molecule has 0 atom stereocenters. The quantitative estimate of drug-likeness (QED) is 0.399. The van der Waals surface area contributed by atoms with Gasteiger partial charge < -0.3 is 9.15 Å². The van der Waals surface area contributed by atoms with Gasteiger partial charge in [-0.25, -0.2) is 4.98 Å². The molecule has 0 saturated carbocycles. The zero-order valence-electron chi connectivity index (χ0n) is 18.3. The molecular formula is C25H27N3O3S. The molecule has 0 aliphatic carbocycles. The molecule has 32 heavy (non-hydrogen) atoms. The van der Waals surface area contributed by atoms with E-state index >= 15 is 0 Å². The third kappa shape index (κ3) is 4.28. The van der Waals surface area contributed by atoms with Crippen molar-refractivity contribution in [2.75, 3.05) is 44.3 Å². The minimum Gasteiger partial charge on any atom is -0.451 e. The van der Waals surface area contributed by atoms with Crippen LogP contribution in [0.3, 0.4) is 0 Å². The highest BCUT2D eigenvalue weighted by molar-refractivity contribution is 7.22. The highest BCUT2D eigenvalue weighted by Gasteiger charge is 2.25. The number of carbonyl (C=O) groups excluding carboxylic acids is 1. The summed E-state index contributed by atoms with van der Waals surface area (Å²) in [5, 5.41) is 1.66. The Hall–Kier alpha value is -2.74. The van der Waals surface area contributed by atoms with E-state index in [1.165, 1.54) is 5.56 Å². The van der Waals surface area contributed by atoms with E-state index in [1.54, 1.807) is 16.2 Å². The van der Waals surface area contributed by atoms with Crippen molar-refractivity contribution < 1.29 is 13.9 Å². The zero-order valence-corrected chi connectivity index (χ0v) is 19.1. The first-order chi connectivity index (χ1) is 15.7. The summed E-state index contributed by atoms with van der Waals surface area (Å²) in [5.41, 5.74) is 2.92. The molecule has 0 radical (unpaired) electrons. The largest absolute Gasteiger partial charge is 0.451 e. The number of rotatable bonds is 7. The van der Waals surface area contributed by atoms with Crippen molar-refractivity contribution in [1.82, 2.24) is 9.88 Å². The zero-order chi connectivity index (χ0) is 21.9. The molecule has 3 heterocycles. The first-order valence-corrected chi connectivity index (χ1v) is 12.0. The summed E-state index contributed by atoms with van der Waals surface area (Å²) in [7, 11) is 0. The summed E-state index contributed by atoms with van der Waals surface area (Å²) in [6, 6.07) is 15.8. The molecule has 6 nitrogen and oxygen atoms in total. The summed E-state index contributed by atoms with van der Waals surface area (Å²) in [6.07, 6.45) is 1.78. The van der Waals surface area contributed by atoms with Crippen LogP contribution in [0.2, 0.25) is 0 Å². The lowest BCUT2D eigenvalue weighted by Crippen LogP contribution is -2.39. The van der Waals surface area contributed by atoms with Gasteiger partial charge in [0.2, 0.25) is 0 Å². The number of carbonyl (C=O) groups is 1. The number of ether oxygens (including phenoxy) is 1. The van der Waals surface area contributed by atoms with E-state index in [9.17, 15) is 4.79 Å². The molecule has 1 aliphatic heterocycles. The maximum Gasteiger partial charge on any atom is 0.295 e. The minimum absolute atomic E-state index is 0.139. The Labute approximate surface area is 191 Å². The maximum absolute atomic E-state index is 13.6. The van der Waals surface area contributed by atoms with Gasteiger partial charge in [-0.3, -0.25) is 14.6 Å². The number of thiazole rings is 1. The lowest BCUT2D eigenvalue weighted by molar-refractivity contribution is 0.0376. The maximum atomic E-state index is 13.6. The molecule has 0 bridgehead atoms. The second-order valence-electron chi connectivity index (χ2n) is 8.03. The summed E-state index contributed by atoms with van der Waals surface area (Å²) < 4.78 is 12.5. The van der Waals surface area contributed by atoms with Gasteiger partial charge in [0.1, 0.15) is 5.58 Å². The first-order valence-electron chi connectivity index (χ1n) is 11.2. The number of para-hydroxylation sites is 2. The first kappa shape index (κ1) is 21.1. The molecule has 166 valence electrons. The Bertz CT molecular complexity index is 1190. The molecule has 0 N–H and O–H groups in total. The summed E-state index contributed by atoms with van der Waals surface area (Å²) in [6.45, 7) is 7.09. The topological polar surface area (TPSA) is 58.8 Å². The SMILES string of the molecule is CCc1cccc2sc(N(CCCN3CCOCC3)C(=O)c3cc4ccccc4o3)nc12. The Kier molecular flexibility index (Phi) is 6.21. The van der Waals surface area contributed by atoms with Gasteiger partial charge in [0, 0.05) is 31.6 Å². The minimum atomic E-state index is -0.139. The summed E-state index contributed by atoms with van der Waals surface area (Å²) in [4.78, 5) is 22.7. The van der Waals surface area contributed by atoms with Crippen LogP contribution in [0.5, 0.6) is 0 Å². The van der Waals surface area contributed by atoms with Gasteiger partial charge in [0.25, 0.3) is 5.91 Å². The van der Waals surface area contributed by atoms with Gasteiger partial charge in [0.15, 0.2) is 10.9 Å². The number of aromatic nitrogens is 1. The molecule has 5 rings (SSSR count). The van der Waals surface area contributed by atoms with Crippen molar-refractivity contribution in [2.24, 2.45) is 0 Å². The van der Waals surface area contributed by atoms with E-state index in [4.69, 9.17) is 14.1 Å². The van der Waals surface area contributed by atoms with Crippen LogP contribution in [0.25, 0.3) is 21.2 Å². The molecule has 2 aromatic heterocycles. The van der Waals surface area contributed by atoms with E-state index in [-0.39, 0.29) is 5.91 Å². The van der Waals surface area contributed by atoms with E-state index in [1.807, 2.05) is 30.3 Å². The van der Waals surface area contributed by atoms with Gasteiger partial charge in [-0.1, -0.05) is 48.6 Å². The second-order valence-corrected chi connectivity index (χ2v) is 9.04. The van der Waals surface area contributed by atoms with Crippen LogP contribution in [0.1, 0.15) is 29.5 Å². The molecule has 1 fully saturated rings. The average molecular weight is 450 g/mol. The highest BCUT2D eigenvalue weighted by atomic mass is 32.1. The van der Waals surface area contributed by atoms with Crippen molar-refractivity contribution in [1.29, 1.82) is 0 Å². The third-order valence-corrected chi connectivity index (χ3v) is 6.99. The third-order valence-electron chi connectivity index (χ3n) is 5.94. The Morgan fingerprint density at radius 2 is 2.00 bits per heavy atom. The molecule has 1 aliphatic rings. The Morgan fingerprint density at radius 3 is 2.81 bits per heavy atom. The Morgan fingerprint density at radius 1 is 1.16 bits per heavy atom. The molecule has 0 unspecified atom stereocenters. The van der Waals surface area contributed by atoms with Crippen LogP contribution in [0, 0.1) is 0 Å². The van der Waals surface area contributed by atoms with Crippen LogP contribution in [0.4, 0.5) is 5.13 Å². The van der Waals surface area contributed by atoms with Gasteiger partial charge in [-0.15, -0.1) is 0 Å². The van der Waals surface area contributed by atoms with E-state index in [0.717, 1.165) is 72.0 Å². The Balaban J connectivity index is 1.44. The van der Waals surface area contributed by atoms with Crippen molar-refractivity contribution in [3.63, 3.8) is 0 Å². The fraction of sp³-hybridized carbons (Fsp3) is 0.360. The van der Waals surface area contributed by atoms with Crippen molar-refractivity contribution in [3.05, 3.63) is 59.9 Å². The number of aryl methyl sites for hydroxylation is 1. The number of hydrogen-bond donors (Lipinski definition) is 0. The van der Waals surface area contributed by atoms with Gasteiger partial charge in [0.05, 0.1) is 23.4 Å². The average Bonchev–Trinajstić information content (AvgIpc) is 3.46. The van der Waals surface area contributed by atoms with Gasteiger partial charge >= 0.3 is 0 Å². The lowest BCUT2D eigenvalue weighted by Gasteiger charge is -2.27. The van der Waals surface area contributed by atoms with Crippen molar-refractivity contribution in [2.45, 2.75) is 19.8 Å². The number of fused-ring (bicyclic) bond motifs is 2. The summed E-state index contributed by atoms with van der Waals surface area (Å²) in [5.74, 6) is 0.216. The number of amides is 1. The van der Waals surface area contributed by atoms with Crippen LogP contribution < -0.4 is 4.90 Å². The smallest absolute Gasteiger partial charge is 0.295 e. The van der Waals surface area contributed by atoms with Crippen molar-refractivity contribution >= 4 is 43.6 Å². The predicted octanol–water partition coefficient (Wildman–Crippen LogP) is 4.97. The van der Waals surface area contributed by atoms with E-state index in [0.29, 0.717) is 12.3 Å². The fourth-order valence-electron chi connectivity index (χ4n) is 4.18. The van der Waals surface area contributed by atoms with Crippen LogP contribution in [-0.4, -0.2) is 55.2 Å². The van der Waals surface area contributed by atoms with Crippen LogP contribution in [0.15, 0.2) is 52.9 Å². The second kappa shape index (κ2) is 9.40. The normalized spacial score (nSPS) is 14.9. The number of nitrogens with zero attached hydrogens (tertiary/aromatic N) is 3. The number of hydrogen-bond acceptors (Lipinski definition) is 6. The molecule has 7 heteroatoms. The number of benzene rings is 2. The van der Waals surface area contributed by atoms with Crippen LogP contribution in [-0.2, 0) is 11.2 Å². The van der Waals surface area contributed by atoms with Gasteiger partial charge in [-0.05, 0) is 36.6 Å². The molecule has 1 amide bonds. The monoisotopic (exact) mass is 449 g/mol. The number of anilines is 1. The van der Waals surface area contributed by atoms with E-state index in [2.05, 4.69) is 30.0 Å². The van der Waals surface area contributed by atoms with Crippen LogP contribution >= 0.6 is 11.3 Å². The molecule has 4 aromatic rings. The molecule has 0 spiro atoms. The van der Waals surface area contributed by atoms with Gasteiger partial charge in [-0.2, -0.15) is 0 Å². The predicted molar refractivity (Wildman–Crippen MR) is 129 cm³/mol. The number of morpholine rings is 1. The van der Waals surface area contributed by atoms with E-state index < -0.39 is 0 Å². The lowest BCUT2D eigenvalue weighted by atomic mass is 10.1. The molecule has 2 aromatic carbocycles. The standard InChI is InChI=1S/C25H27N3O3S/c1-2-18-8-5-10-22-23(18)26-25(32-22)28(12-6-11-27-13-15-30-16-14-27)24(29)21-17-19-7-3-4-9-20(19)31-21/h3-5,7-10,17H,2,6,11-16H2,1H3. The molecule has 1 saturated heterocycles. The highest BCUT2D eigenvalue weighted by Crippen LogP contribution is 2.32. The molecular weight excluding hydrogens is 422 g/mol.